The van der Waals surface area contributed by atoms with E-state index >= 15 is 0 Å². The van der Waals surface area contributed by atoms with Crippen LogP contribution in [0.1, 0.15) is 11.1 Å². The van der Waals surface area contributed by atoms with E-state index < -0.39 is 0 Å². The molecule has 0 fully saturated rings. The van der Waals surface area contributed by atoms with Crippen LogP contribution in [0.25, 0.3) is 11.3 Å². The van der Waals surface area contributed by atoms with Gasteiger partial charge in [-0.25, -0.2) is 4.98 Å². The molecule has 7 heteroatoms. The van der Waals surface area contributed by atoms with Crippen LogP contribution in [0.2, 0.25) is 5.02 Å². The lowest BCUT2D eigenvalue weighted by Gasteiger charge is -2.11. The molecule has 0 aliphatic carbocycles. The van der Waals surface area contributed by atoms with E-state index in [0.29, 0.717) is 23.1 Å². The number of hydrazone groups is 1. The molecule has 0 atom stereocenters. The van der Waals surface area contributed by atoms with Crippen molar-refractivity contribution in [1.82, 2.24) is 4.98 Å². The van der Waals surface area contributed by atoms with Crippen LogP contribution in [0.15, 0.2) is 83.3 Å². The zero-order valence-corrected chi connectivity index (χ0v) is 18.4. The molecule has 0 spiro atoms. The molecular weight excluding hydrogens is 430 g/mol. The maximum atomic E-state index is 6.05. The Morgan fingerprint density at radius 3 is 2.71 bits per heavy atom. The highest BCUT2D eigenvalue weighted by atomic mass is 35.5. The highest BCUT2D eigenvalue weighted by Gasteiger charge is 2.07. The first-order chi connectivity index (χ1) is 15.2. The molecule has 0 saturated heterocycles. The van der Waals surface area contributed by atoms with E-state index in [2.05, 4.69) is 15.5 Å². The molecule has 0 unspecified atom stereocenters. The summed E-state index contributed by atoms with van der Waals surface area (Å²) in [5, 5.41) is 7.71. The Morgan fingerprint density at radius 1 is 1.03 bits per heavy atom. The van der Waals surface area contributed by atoms with E-state index in [4.69, 9.17) is 21.1 Å². The molecule has 0 aliphatic heterocycles. The predicted octanol–water partition coefficient (Wildman–Crippen LogP) is 6.50. The van der Waals surface area contributed by atoms with Gasteiger partial charge in [0.2, 0.25) is 5.13 Å². The Kier molecular flexibility index (Phi) is 6.82. The molecule has 0 saturated carbocycles. The van der Waals surface area contributed by atoms with Gasteiger partial charge in [0.25, 0.3) is 0 Å². The van der Waals surface area contributed by atoms with E-state index in [1.54, 1.807) is 13.3 Å². The minimum atomic E-state index is 0.386. The van der Waals surface area contributed by atoms with E-state index in [-0.39, 0.29) is 0 Å². The van der Waals surface area contributed by atoms with Crippen LogP contribution in [0, 0.1) is 0 Å². The van der Waals surface area contributed by atoms with Gasteiger partial charge in [0.1, 0.15) is 6.61 Å². The molecule has 0 amide bonds. The molecule has 1 N–H and O–H groups in total. The molecule has 0 aliphatic rings. The predicted molar refractivity (Wildman–Crippen MR) is 128 cm³/mol. The first-order valence-electron chi connectivity index (χ1n) is 9.56. The van der Waals surface area contributed by atoms with Crippen molar-refractivity contribution in [1.29, 1.82) is 0 Å². The second-order valence-corrected chi connectivity index (χ2v) is 7.90. The summed E-state index contributed by atoms with van der Waals surface area (Å²) < 4.78 is 11.4. The van der Waals surface area contributed by atoms with Gasteiger partial charge in [-0.05, 0) is 41.5 Å². The van der Waals surface area contributed by atoms with Crippen molar-refractivity contribution in [2.75, 3.05) is 12.5 Å². The Bertz CT molecular complexity index is 1180. The van der Waals surface area contributed by atoms with Crippen LogP contribution in [-0.4, -0.2) is 18.3 Å². The number of nitrogens with zero attached hydrogens (tertiary/aromatic N) is 2. The summed E-state index contributed by atoms with van der Waals surface area (Å²) >= 11 is 7.55. The lowest BCUT2D eigenvalue weighted by molar-refractivity contribution is 0.284. The number of nitrogens with one attached hydrogen (secondary N) is 1. The quantitative estimate of drug-likeness (QED) is 0.246. The molecular formula is C24H20ClN3O2S. The van der Waals surface area contributed by atoms with Crippen LogP contribution in [0.4, 0.5) is 5.13 Å². The van der Waals surface area contributed by atoms with Gasteiger partial charge in [-0.15, -0.1) is 11.3 Å². The number of hydrogen-bond donors (Lipinski definition) is 1. The van der Waals surface area contributed by atoms with Gasteiger partial charge < -0.3 is 9.47 Å². The lowest BCUT2D eigenvalue weighted by atomic mass is 10.2. The van der Waals surface area contributed by atoms with Crippen LogP contribution in [-0.2, 0) is 6.61 Å². The Labute approximate surface area is 190 Å². The SMILES string of the molecule is COc1ccc(C=NNc2nc(-c3ccccc3)cs2)cc1OCc1cccc(Cl)c1. The van der Waals surface area contributed by atoms with Gasteiger partial charge in [0.15, 0.2) is 11.5 Å². The Hall–Kier alpha value is -3.35. The summed E-state index contributed by atoms with van der Waals surface area (Å²) in [5.41, 5.74) is 6.83. The van der Waals surface area contributed by atoms with Crippen molar-refractivity contribution >= 4 is 34.3 Å². The number of halogens is 1. The van der Waals surface area contributed by atoms with E-state index in [1.807, 2.05) is 78.2 Å². The standard InChI is InChI=1S/C24H20ClN3O2S/c1-29-22-11-10-17(13-23(22)30-15-18-6-5-9-20(25)12-18)14-26-28-24-27-21(16-31-24)19-7-3-2-4-8-19/h2-14,16H,15H2,1H3,(H,27,28). The Balaban J connectivity index is 1.42. The van der Waals surface area contributed by atoms with Crippen molar-refractivity contribution in [3.8, 4) is 22.8 Å². The first kappa shape index (κ1) is 20.9. The summed E-state index contributed by atoms with van der Waals surface area (Å²) in [6.07, 6.45) is 1.72. The molecule has 5 nitrogen and oxygen atoms in total. The van der Waals surface area contributed by atoms with Gasteiger partial charge in [0.05, 0.1) is 19.0 Å². The number of hydrogen-bond acceptors (Lipinski definition) is 6. The van der Waals surface area contributed by atoms with Crippen molar-refractivity contribution in [3.05, 3.63) is 94.3 Å². The maximum absolute atomic E-state index is 6.05. The van der Waals surface area contributed by atoms with Crippen molar-refractivity contribution in [2.24, 2.45) is 5.10 Å². The summed E-state index contributed by atoms with van der Waals surface area (Å²) in [5.74, 6) is 1.28. The number of rotatable bonds is 8. The van der Waals surface area contributed by atoms with Crippen molar-refractivity contribution in [2.45, 2.75) is 6.61 Å². The minimum Gasteiger partial charge on any atom is -0.493 e. The molecule has 156 valence electrons. The highest BCUT2D eigenvalue weighted by Crippen LogP contribution is 2.29. The zero-order chi connectivity index (χ0) is 21.5. The third-order valence-corrected chi connectivity index (χ3v) is 5.40. The van der Waals surface area contributed by atoms with Crippen LogP contribution >= 0.6 is 22.9 Å². The maximum Gasteiger partial charge on any atom is 0.203 e. The molecule has 0 radical (unpaired) electrons. The fourth-order valence-electron chi connectivity index (χ4n) is 2.90. The first-order valence-corrected chi connectivity index (χ1v) is 10.8. The topological polar surface area (TPSA) is 55.7 Å². The van der Waals surface area contributed by atoms with Crippen LogP contribution in [0.3, 0.4) is 0 Å². The average Bonchev–Trinajstić information content (AvgIpc) is 3.27. The summed E-state index contributed by atoms with van der Waals surface area (Å²) in [6, 6.07) is 23.3. The minimum absolute atomic E-state index is 0.386. The highest BCUT2D eigenvalue weighted by molar-refractivity contribution is 7.14. The van der Waals surface area contributed by atoms with Crippen molar-refractivity contribution in [3.63, 3.8) is 0 Å². The van der Waals surface area contributed by atoms with Crippen molar-refractivity contribution < 1.29 is 9.47 Å². The fraction of sp³-hybridized carbons (Fsp3) is 0.0833. The van der Waals surface area contributed by atoms with Gasteiger partial charge in [-0.3, -0.25) is 5.43 Å². The number of aromatic nitrogens is 1. The number of benzene rings is 3. The van der Waals surface area contributed by atoms with E-state index in [0.717, 1.165) is 27.5 Å². The number of methoxy groups -OCH3 is 1. The molecule has 1 aromatic heterocycles. The third-order valence-electron chi connectivity index (χ3n) is 4.42. The van der Waals surface area contributed by atoms with Gasteiger partial charge in [-0.2, -0.15) is 5.10 Å². The van der Waals surface area contributed by atoms with Gasteiger partial charge >= 0.3 is 0 Å². The van der Waals surface area contributed by atoms with Crippen LogP contribution in [0.5, 0.6) is 11.5 Å². The van der Waals surface area contributed by atoms with E-state index in [1.165, 1.54) is 11.3 Å². The molecule has 3 aromatic carbocycles. The molecule has 4 rings (SSSR count). The third kappa shape index (κ3) is 5.63. The molecule has 31 heavy (non-hydrogen) atoms. The second kappa shape index (κ2) is 10.1. The molecule has 0 bridgehead atoms. The summed E-state index contributed by atoms with van der Waals surface area (Å²) in [7, 11) is 1.61. The summed E-state index contributed by atoms with van der Waals surface area (Å²) in [4.78, 5) is 4.56. The van der Waals surface area contributed by atoms with Gasteiger partial charge in [0, 0.05) is 16.0 Å². The molecule has 4 aromatic rings. The summed E-state index contributed by atoms with van der Waals surface area (Å²) in [6.45, 7) is 0.386. The smallest absolute Gasteiger partial charge is 0.203 e. The lowest BCUT2D eigenvalue weighted by Crippen LogP contribution is -1.99. The zero-order valence-electron chi connectivity index (χ0n) is 16.8. The molecule has 1 heterocycles. The van der Waals surface area contributed by atoms with E-state index in [9.17, 15) is 0 Å². The fourth-order valence-corrected chi connectivity index (χ4v) is 3.78. The average molecular weight is 450 g/mol. The number of ether oxygens (including phenoxy) is 2. The Morgan fingerprint density at radius 2 is 1.90 bits per heavy atom. The van der Waals surface area contributed by atoms with Crippen LogP contribution < -0.4 is 14.9 Å². The van der Waals surface area contributed by atoms with Gasteiger partial charge in [-0.1, -0.05) is 54.1 Å². The number of anilines is 1. The normalized spacial score (nSPS) is 10.9. The number of thiazole rings is 1. The second-order valence-electron chi connectivity index (χ2n) is 6.60. The largest absolute Gasteiger partial charge is 0.493 e. The monoisotopic (exact) mass is 449 g/mol.